The molecule has 0 saturated heterocycles. The molecular weight excluding hydrogens is 200 g/mol. The monoisotopic (exact) mass is 214 g/mol. The number of nitrogens with zero attached hydrogens (tertiary/aromatic N) is 1. The lowest BCUT2D eigenvalue weighted by Crippen LogP contribution is -2.10. The van der Waals surface area contributed by atoms with E-state index in [4.69, 9.17) is 0 Å². The van der Waals surface area contributed by atoms with Crippen LogP contribution in [0.25, 0.3) is 11.0 Å². The van der Waals surface area contributed by atoms with E-state index in [9.17, 15) is 4.79 Å². The number of carbonyl (C=O) groups is 1. The fraction of sp³-hybridized carbons (Fsp3) is 0.385. The van der Waals surface area contributed by atoms with E-state index in [1.807, 2.05) is 18.2 Å². The van der Waals surface area contributed by atoms with E-state index in [0.29, 0.717) is 12.3 Å². The Kier molecular flexibility index (Phi) is 2.24. The van der Waals surface area contributed by atoms with Gasteiger partial charge >= 0.3 is 0 Å². The number of nitrogens with one attached hydrogen (secondary N) is 1. The smallest absolute Gasteiger partial charge is 0.124 e. The summed E-state index contributed by atoms with van der Waals surface area (Å²) in [4.78, 5) is 18.4. The summed E-state index contributed by atoms with van der Waals surface area (Å²) in [5.41, 5.74) is 3.11. The first-order valence-corrected chi connectivity index (χ1v) is 5.79. The third-order valence-electron chi connectivity index (χ3n) is 3.38. The van der Waals surface area contributed by atoms with Crippen LogP contribution >= 0.6 is 0 Å². The summed E-state index contributed by atoms with van der Waals surface area (Å²) < 4.78 is 0. The Morgan fingerprint density at radius 1 is 1.44 bits per heavy atom. The molecule has 3 rings (SSSR count). The van der Waals surface area contributed by atoms with Crippen LogP contribution in [0.5, 0.6) is 0 Å². The van der Waals surface area contributed by atoms with Gasteiger partial charge in [0.15, 0.2) is 0 Å². The summed E-state index contributed by atoms with van der Waals surface area (Å²) in [7, 11) is 0. The molecule has 1 fully saturated rings. The zero-order valence-electron chi connectivity index (χ0n) is 9.07. The molecule has 0 spiro atoms. The van der Waals surface area contributed by atoms with Crippen molar-refractivity contribution in [3.8, 4) is 0 Å². The quantitative estimate of drug-likeness (QED) is 0.798. The number of aromatic amines is 1. The lowest BCUT2D eigenvalue weighted by molar-refractivity contribution is -0.107. The van der Waals surface area contributed by atoms with Crippen molar-refractivity contribution >= 4 is 17.3 Å². The van der Waals surface area contributed by atoms with E-state index in [1.165, 1.54) is 19.3 Å². The summed E-state index contributed by atoms with van der Waals surface area (Å²) >= 11 is 0. The molecule has 2 aromatic rings. The number of hydrogen-bond acceptors (Lipinski definition) is 2. The van der Waals surface area contributed by atoms with Gasteiger partial charge in [0.1, 0.15) is 12.1 Å². The molecular formula is C13H14N2O. The van der Waals surface area contributed by atoms with Crippen molar-refractivity contribution in [1.82, 2.24) is 9.97 Å². The van der Waals surface area contributed by atoms with Crippen LogP contribution in [0.15, 0.2) is 18.2 Å². The fourth-order valence-corrected chi connectivity index (χ4v) is 2.17. The Hall–Kier alpha value is -1.64. The van der Waals surface area contributed by atoms with Gasteiger partial charge in [-0.15, -0.1) is 0 Å². The van der Waals surface area contributed by atoms with Crippen LogP contribution in [0, 0.1) is 0 Å². The number of rotatable bonds is 3. The highest BCUT2D eigenvalue weighted by atomic mass is 16.1. The zero-order chi connectivity index (χ0) is 11.0. The Labute approximate surface area is 93.9 Å². The van der Waals surface area contributed by atoms with Crippen molar-refractivity contribution in [1.29, 1.82) is 0 Å². The van der Waals surface area contributed by atoms with Crippen LogP contribution < -0.4 is 0 Å². The van der Waals surface area contributed by atoms with Crippen LogP contribution in [-0.4, -0.2) is 16.3 Å². The number of fused-ring (bicyclic) bond motifs is 1. The molecule has 3 heteroatoms. The second-order valence-corrected chi connectivity index (χ2v) is 4.47. The van der Waals surface area contributed by atoms with Gasteiger partial charge in [-0.3, -0.25) is 0 Å². The average Bonchev–Trinajstić information content (AvgIpc) is 2.57. The lowest BCUT2D eigenvalue weighted by atomic mass is 9.85. The maximum Gasteiger partial charge on any atom is 0.124 e. The van der Waals surface area contributed by atoms with E-state index < -0.39 is 0 Å². The van der Waals surface area contributed by atoms with Gasteiger partial charge in [-0.25, -0.2) is 4.98 Å². The van der Waals surface area contributed by atoms with Gasteiger partial charge in [0.25, 0.3) is 0 Å². The highest BCUT2D eigenvalue weighted by Gasteiger charge is 2.22. The molecule has 1 aliphatic rings. The molecule has 1 aromatic carbocycles. The Morgan fingerprint density at radius 3 is 3.00 bits per heavy atom. The van der Waals surface area contributed by atoms with Crippen LogP contribution in [0.1, 0.15) is 36.6 Å². The van der Waals surface area contributed by atoms with Crippen molar-refractivity contribution in [2.45, 2.75) is 31.6 Å². The Balaban J connectivity index is 1.99. The van der Waals surface area contributed by atoms with Crippen LogP contribution in [-0.2, 0) is 11.2 Å². The van der Waals surface area contributed by atoms with Crippen LogP contribution in [0.4, 0.5) is 0 Å². The molecule has 1 N–H and O–H groups in total. The van der Waals surface area contributed by atoms with Gasteiger partial charge in [0.05, 0.1) is 11.0 Å². The molecule has 0 aliphatic heterocycles. The largest absolute Gasteiger partial charge is 0.342 e. The van der Waals surface area contributed by atoms with Gasteiger partial charge in [0, 0.05) is 12.3 Å². The van der Waals surface area contributed by atoms with Crippen molar-refractivity contribution in [3.63, 3.8) is 0 Å². The summed E-state index contributed by atoms with van der Waals surface area (Å²) in [6.45, 7) is 0. The van der Waals surface area contributed by atoms with E-state index in [0.717, 1.165) is 28.7 Å². The summed E-state index contributed by atoms with van der Waals surface area (Å²) in [5.74, 6) is 1.74. The van der Waals surface area contributed by atoms with Crippen molar-refractivity contribution in [2.75, 3.05) is 0 Å². The maximum absolute atomic E-state index is 10.5. The second kappa shape index (κ2) is 3.74. The number of imidazole rings is 1. The van der Waals surface area contributed by atoms with E-state index in [-0.39, 0.29) is 0 Å². The van der Waals surface area contributed by atoms with Crippen molar-refractivity contribution < 1.29 is 4.79 Å². The number of carbonyl (C=O) groups excluding carboxylic acids is 1. The minimum absolute atomic E-state index is 0.480. The minimum Gasteiger partial charge on any atom is -0.342 e. The molecule has 1 aromatic heterocycles. The van der Waals surface area contributed by atoms with Crippen molar-refractivity contribution in [3.05, 3.63) is 29.6 Å². The molecule has 1 saturated carbocycles. The number of aldehydes is 1. The summed E-state index contributed by atoms with van der Waals surface area (Å²) in [5, 5.41) is 0. The van der Waals surface area contributed by atoms with Gasteiger partial charge < -0.3 is 9.78 Å². The molecule has 3 nitrogen and oxygen atoms in total. The highest BCUT2D eigenvalue weighted by Crippen LogP contribution is 2.35. The first-order valence-electron chi connectivity index (χ1n) is 5.79. The number of benzene rings is 1. The molecule has 0 atom stereocenters. The predicted molar refractivity (Wildman–Crippen MR) is 62.5 cm³/mol. The predicted octanol–water partition coefficient (Wildman–Crippen LogP) is 2.57. The van der Waals surface area contributed by atoms with E-state index in [1.54, 1.807) is 0 Å². The number of hydrogen-bond donors (Lipinski definition) is 1. The van der Waals surface area contributed by atoms with Gasteiger partial charge in [-0.05, 0) is 30.5 Å². The van der Waals surface area contributed by atoms with Gasteiger partial charge in [0.2, 0.25) is 0 Å². The lowest BCUT2D eigenvalue weighted by Gasteiger charge is -2.22. The van der Waals surface area contributed by atoms with E-state index in [2.05, 4.69) is 9.97 Å². The summed E-state index contributed by atoms with van der Waals surface area (Å²) in [6.07, 6.45) is 5.23. The average molecular weight is 214 g/mol. The third-order valence-corrected chi connectivity index (χ3v) is 3.38. The molecule has 16 heavy (non-hydrogen) atoms. The highest BCUT2D eigenvalue weighted by molar-refractivity contribution is 5.77. The zero-order valence-corrected chi connectivity index (χ0v) is 9.07. The Morgan fingerprint density at radius 2 is 2.31 bits per heavy atom. The first kappa shape index (κ1) is 9.58. The van der Waals surface area contributed by atoms with Crippen LogP contribution in [0.2, 0.25) is 0 Å². The van der Waals surface area contributed by atoms with Crippen molar-refractivity contribution in [2.24, 2.45) is 0 Å². The van der Waals surface area contributed by atoms with E-state index >= 15 is 0 Å². The molecule has 82 valence electrons. The SMILES string of the molecule is O=CCc1ccc2nc(C3CCC3)[nH]c2c1. The molecule has 1 heterocycles. The maximum atomic E-state index is 10.5. The fourth-order valence-electron chi connectivity index (χ4n) is 2.17. The first-order chi connectivity index (χ1) is 7.86. The van der Waals surface area contributed by atoms with Gasteiger partial charge in [-0.1, -0.05) is 12.5 Å². The Bertz CT molecular complexity index is 526. The van der Waals surface area contributed by atoms with Gasteiger partial charge in [-0.2, -0.15) is 0 Å². The summed E-state index contributed by atoms with van der Waals surface area (Å²) in [6, 6.07) is 5.99. The molecule has 0 amide bonds. The molecule has 0 radical (unpaired) electrons. The standard InChI is InChI=1S/C13H14N2O/c16-7-6-9-4-5-11-12(8-9)15-13(14-11)10-2-1-3-10/h4-5,7-8,10H,1-3,6H2,(H,14,15). The third kappa shape index (κ3) is 1.52. The molecule has 0 unspecified atom stereocenters. The molecule has 1 aliphatic carbocycles. The minimum atomic E-state index is 0.480. The second-order valence-electron chi connectivity index (χ2n) is 4.47. The van der Waals surface area contributed by atoms with Crippen LogP contribution in [0.3, 0.4) is 0 Å². The normalized spacial score (nSPS) is 16.2. The number of aromatic nitrogens is 2. The number of H-pyrrole nitrogens is 1. The topological polar surface area (TPSA) is 45.8 Å². The molecule has 0 bridgehead atoms.